The number of aromatic nitrogens is 4. The molecule has 6 nitrogen and oxygen atoms in total. The number of aryl methyl sites for hydroxylation is 2. The highest BCUT2D eigenvalue weighted by atomic mass is 16.1. The summed E-state index contributed by atoms with van der Waals surface area (Å²) in [5, 5.41) is 11.4. The molecule has 124 valence electrons. The van der Waals surface area contributed by atoms with Crippen LogP contribution in [0.5, 0.6) is 0 Å². The summed E-state index contributed by atoms with van der Waals surface area (Å²) in [5.74, 6) is -0.0866. The summed E-state index contributed by atoms with van der Waals surface area (Å²) < 4.78 is 3.49. The zero-order valence-corrected chi connectivity index (χ0v) is 14.1. The lowest BCUT2D eigenvalue weighted by molar-refractivity contribution is 0.0935. The van der Waals surface area contributed by atoms with E-state index < -0.39 is 0 Å². The average molecular weight is 323 g/mol. The Kier molecular flexibility index (Phi) is 4.46. The second kappa shape index (κ2) is 6.70. The third-order valence-electron chi connectivity index (χ3n) is 4.00. The second-order valence-electron chi connectivity index (χ2n) is 5.87. The third-order valence-corrected chi connectivity index (χ3v) is 4.00. The Morgan fingerprint density at radius 2 is 1.88 bits per heavy atom. The maximum atomic E-state index is 12.6. The molecule has 3 aromatic rings. The molecular weight excluding hydrogens is 302 g/mol. The fourth-order valence-electron chi connectivity index (χ4n) is 2.69. The van der Waals surface area contributed by atoms with Gasteiger partial charge in [0.1, 0.15) is 0 Å². The van der Waals surface area contributed by atoms with Gasteiger partial charge in [0.05, 0.1) is 18.4 Å². The van der Waals surface area contributed by atoms with E-state index in [0.29, 0.717) is 5.56 Å². The number of rotatable bonds is 5. The summed E-state index contributed by atoms with van der Waals surface area (Å²) in [6.45, 7) is 2.05. The van der Waals surface area contributed by atoms with Gasteiger partial charge in [0.25, 0.3) is 5.91 Å². The van der Waals surface area contributed by atoms with Gasteiger partial charge in [0.2, 0.25) is 0 Å². The van der Waals surface area contributed by atoms with Crippen molar-refractivity contribution in [2.45, 2.75) is 19.4 Å². The van der Waals surface area contributed by atoms with Crippen molar-refractivity contribution in [3.63, 3.8) is 0 Å². The SMILES string of the molecule is CC[C@H](NC(=O)c1cccc(-c2cnn(C)c2)c1)c1cnn(C)c1. The topological polar surface area (TPSA) is 64.7 Å². The largest absolute Gasteiger partial charge is 0.345 e. The molecule has 1 atom stereocenters. The Hall–Kier alpha value is -2.89. The van der Waals surface area contributed by atoms with Crippen molar-refractivity contribution >= 4 is 5.91 Å². The van der Waals surface area contributed by atoms with Crippen molar-refractivity contribution in [3.8, 4) is 11.1 Å². The lowest BCUT2D eigenvalue weighted by Crippen LogP contribution is -2.27. The highest BCUT2D eigenvalue weighted by molar-refractivity contribution is 5.95. The normalized spacial score (nSPS) is 12.1. The van der Waals surface area contributed by atoms with Gasteiger partial charge in [-0.15, -0.1) is 0 Å². The molecule has 0 spiro atoms. The monoisotopic (exact) mass is 323 g/mol. The molecule has 1 amide bonds. The van der Waals surface area contributed by atoms with Crippen LogP contribution in [0.25, 0.3) is 11.1 Å². The number of carbonyl (C=O) groups is 1. The summed E-state index contributed by atoms with van der Waals surface area (Å²) in [4.78, 5) is 12.6. The minimum Gasteiger partial charge on any atom is -0.345 e. The van der Waals surface area contributed by atoms with E-state index in [1.165, 1.54) is 0 Å². The summed E-state index contributed by atoms with van der Waals surface area (Å²) in [6, 6.07) is 7.54. The average Bonchev–Trinajstić information content (AvgIpc) is 3.21. The number of carbonyl (C=O) groups excluding carboxylic acids is 1. The van der Waals surface area contributed by atoms with Crippen molar-refractivity contribution in [2.24, 2.45) is 14.1 Å². The lowest BCUT2D eigenvalue weighted by Gasteiger charge is -2.15. The number of hydrogen-bond acceptors (Lipinski definition) is 3. The summed E-state index contributed by atoms with van der Waals surface area (Å²) in [5.41, 5.74) is 3.62. The van der Waals surface area contributed by atoms with E-state index >= 15 is 0 Å². The van der Waals surface area contributed by atoms with Crippen LogP contribution in [0.2, 0.25) is 0 Å². The minimum absolute atomic E-state index is 0.0479. The standard InChI is InChI=1S/C18H21N5O/c1-4-17(16-10-20-23(3)12-16)21-18(24)14-7-5-6-13(8-14)15-9-19-22(2)11-15/h5-12,17H,4H2,1-3H3,(H,21,24)/t17-/m0/s1. The summed E-state index contributed by atoms with van der Waals surface area (Å²) in [6.07, 6.45) is 8.25. The van der Waals surface area contributed by atoms with Crippen LogP contribution in [0.3, 0.4) is 0 Å². The maximum absolute atomic E-state index is 12.6. The Morgan fingerprint density at radius 3 is 2.50 bits per heavy atom. The first-order valence-corrected chi connectivity index (χ1v) is 7.95. The molecule has 3 rings (SSSR count). The molecule has 0 saturated heterocycles. The minimum atomic E-state index is -0.0866. The number of hydrogen-bond donors (Lipinski definition) is 1. The van der Waals surface area contributed by atoms with E-state index in [1.807, 2.05) is 57.7 Å². The van der Waals surface area contributed by atoms with E-state index in [-0.39, 0.29) is 11.9 Å². The molecule has 0 bridgehead atoms. The van der Waals surface area contributed by atoms with Gasteiger partial charge in [-0.3, -0.25) is 14.2 Å². The molecule has 0 radical (unpaired) electrons. The Balaban J connectivity index is 1.79. The van der Waals surface area contributed by atoms with Gasteiger partial charge in [-0.2, -0.15) is 10.2 Å². The van der Waals surface area contributed by atoms with Crippen LogP contribution in [0.1, 0.15) is 35.3 Å². The molecule has 24 heavy (non-hydrogen) atoms. The van der Waals surface area contributed by atoms with Crippen LogP contribution < -0.4 is 5.32 Å². The molecule has 0 fully saturated rings. The van der Waals surface area contributed by atoms with E-state index in [4.69, 9.17) is 0 Å². The molecule has 1 aromatic carbocycles. The predicted octanol–water partition coefficient (Wildman–Crippen LogP) is 2.70. The first-order chi connectivity index (χ1) is 11.6. The van der Waals surface area contributed by atoms with Gasteiger partial charge in [-0.1, -0.05) is 19.1 Å². The van der Waals surface area contributed by atoms with Gasteiger partial charge in [0, 0.05) is 43.2 Å². The van der Waals surface area contributed by atoms with Gasteiger partial charge in [0.15, 0.2) is 0 Å². The van der Waals surface area contributed by atoms with Crippen molar-refractivity contribution < 1.29 is 4.79 Å². The first kappa shape index (κ1) is 16.0. The Labute approximate surface area is 141 Å². The van der Waals surface area contributed by atoms with Crippen molar-refractivity contribution in [1.82, 2.24) is 24.9 Å². The van der Waals surface area contributed by atoms with Gasteiger partial charge in [-0.05, 0) is 24.1 Å². The maximum Gasteiger partial charge on any atom is 0.251 e. The van der Waals surface area contributed by atoms with Crippen molar-refractivity contribution in [3.05, 3.63) is 60.2 Å². The fourth-order valence-corrected chi connectivity index (χ4v) is 2.69. The van der Waals surface area contributed by atoms with Crippen molar-refractivity contribution in [2.75, 3.05) is 0 Å². The van der Waals surface area contributed by atoms with Crippen LogP contribution in [0.4, 0.5) is 0 Å². The third kappa shape index (κ3) is 3.37. The zero-order valence-electron chi connectivity index (χ0n) is 14.1. The smallest absolute Gasteiger partial charge is 0.251 e. The van der Waals surface area contributed by atoms with Crippen LogP contribution in [0, 0.1) is 0 Å². The molecule has 6 heteroatoms. The van der Waals surface area contributed by atoms with E-state index in [0.717, 1.165) is 23.1 Å². The molecule has 0 saturated carbocycles. The molecule has 0 aliphatic rings. The van der Waals surface area contributed by atoms with E-state index in [1.54, 1.807) is 21.8 Å². The quantitative estimate of drug-likeness (QED) is 0.785. The van der Waals surface area contributed by atoms with Gasteiger partial charge in [-0.25, -0.2) is 0 Å². The zero-order chi connectivity index (χ0) is 17.1. The van der Waals surface area contributed by atoms with Crippen molar-refractivity contribution in [1.29, 1.82) is 0 Å². The molecule has 1 N–H and O–H groups in total. The fraction of sp³-hybridized carbons (Fsp3) is 0.278. The number of benzene rings is 1. The van der Waals surface area contributed by atoms with E-state index in [9.17, 15) is 4.79 Å². The first-order valence-electron chi connectivity index (χ1n) is 7.95. The van der Waals surface area contributed by atoms with Gasteiger partial charge >= 0.3 is 0 Å². The number of nitrogens with one attached hydrogen (secondary N) is 1. The summed E-state index contributed by atoms with van der Waals surface area (Å²) in [7, 11) is 3.75. The van der Waals surface area contributed by atoms with Crippen LogP contribution in [-0.2, 0) is 14.1 Å². The van der Waals surface area contributed by atoms with Crippen LogP contribution in [0.15, 0.2) is 49.1 Å². The highest BCUT2D eigenvalue weighted by Gasteiger charge is 2.16. The molecule has 0 aliphatic carbocycles. The Bertz CT molecular complexity index is 848. The lowest BCUT2D eigenvalue weighted by atomic mass is 10.0. The Morgan fingerprint density at radius 1 is 1.12 bits per heavy atom. The van der Waals surface area contributed by atoms with E-state index in [2.05, 4.69) is 15.5 Å². The summed E-state index contributed by atoms with van der Waals surface area (Å²) >= 11 is 0. The molecule has 0 aliphatic heterocycles. The highest BCUT2D eigenvalue weighted by Crippen LogP contribution is 2.21. The van der Waals surface area contributed by atoms with Crippen LogP contribution in [-0.4, -0.2) is 25.5 Å². The molecule has 0 unspecified atom stereocenters. The number of nitrogens with zero attached hydrogens (tertiary/aromatic N) is 4. The number of amides is 1. The molecule has 2 aromatic heterocycles. The van der Waals surface area contributed by atoms with Crippen LogP contribution >= 0.6 is 0 Å². The predicted molar refractivity (Wildman–Crippen MR) is 92.4 cm³/mol. The molecular formula is C18H21N5O. The van der Waals surface area contributed by atoms with Gasteiger partial charge < -0.3 is 5.32 Å². The second-order valence-corrected chi connectivity index (χ2v) is 5.87. The molecule has 2 heterocycles.